The number of hydrogen-bond acceptors (Lipinski definition) is 10. The molecule has 0 aliphatic heterocycles. The molecule has 5 aromatic carbocycles. The number of nitrogens with one attached hydrogen (secondary N) is 1. The number of carbonyl (C=O) groups is 2. The van der Waals surface area contributed by atoms with Crippen molar-refractivity contribution in [1.29, 1.82) is 0 Å². The van der Waals surface area contributed by atoms with E-state index in [1.807, 2.05) is 91.9 Å². The molecule has 0 aliphatic carbocycles. The van der Waals surface area contributed by atoms with Crippen LogP contribution in [0.25, 0.3) is 32.9 Å². The Labute approximate surface area is 321 Å². The van der Waals surface area contributed by atoms with Crippen LogP contribution in [-0.2, 0) is 29.3 Å². The van der Waals surface area contributed by atoms with Gasteiger partial charge in [0.1, 0.15) is 59.6 Å². The quantitative estimate of drug-likeness (QED) is 0.100. The summed E-state index contributed by atoms with van der Waals surface area (Å²) >= 11 is 0. The van der Waals surface area contributed by atoms with Crippen LogP contribution in [0.2, 0.25) is 0 Å². The van der Waals surface area contributed by atoms with Gasteiger partial charge in [-0.3, -0.25) is 5.32 Å². The molecule has 0 saturated heterocycles. The van der Waals surface area contributed by atoms with Crippen molar-refractivity contribution in [3.8, 4) is 11.5 Å². The lowest BCUT2D eigenvalue weighted by Gasteiger charge is -2.09. The molecule has 11 nitrogen and oxygen atoms in total. The van der Waals surface area contributed by atoms with Gasteiger partial charge in [0.05, 0.1) is 12.2 Å². The van der Waals surface area contributed by atoms with Crippen LogP contribution in [0.3, 0.4) is 0 Å². The molecule has 8 rings (SSSR count). The number of furan rings is 2. The summed E-state index contributed by atoms with van der Waals surface area (Å²) in [5.41, 5.74) is 4.25. The fraction of sp³-hybridized carbons (Fsp3) is 0.133. The van der Waals surface area contributed by atoms with Gasteiger partial charge in [0.25, 0.3) is 0 Å². The van der Waals surface area contributed by atoms with Crippen molar-refractivity contribution >= 4 is 50.7 Å². The fourth-order valence-electron chi connectivity index (χ4n) is 5.81. The summed E-state index contributed by atoms with van der Waals surface area (Å²) in [5.74, 6) is 2.53. The second kappa shape index (κ2) is 17.3. The van der Waals surface area contributed by atoms with Crippen molar-refractivity contribution in [3.05, 3.63) is 172 Å². The highest BCUT2D eigenvalue weighted by Crippen LogP contribution is 2.24. The van der Waals surface area contributed by atoms with E-state index >= 15 is 0 Å². The second-order valence-electron chi connectivity index (χ2n) is 12.6. The van der Waals surface area contributed by atoms with Crippen molar-refractivity contribution in [2.45, 2.75) is 33.7 Å². The van der Waals surface area contributed by atoms with Crippen molar-refractivity contribution < 1.29 is 41.8 Å². The summed E-state index contributed by atoms with van der Waals surface area (Å²) in [5, 5.41) is 5.54. The van der Waals surface area contributed by atoms with Gasteiger partial charge in [0.15, 0.2) is 0 Å². The van der Waals surface area contributed by atoms with E-state index in [4.69, 9.17) is 32.2 Å². The maximum absolute atomic E-state index is 12.2. The van der Waals surface area contributed by atoms with Gasteiger partial charge in [-0.2, -0.15) is 0 Å². The first kappa shape index (κ1) is 37.1. The topological polar surface area (TPSA) is 140 Å². The molecular formula is C45H37NO10. The third kappa shape index (κ3) is 9.44. The number of amides is 1. The van der Waals surface area contributed by atoms with Crippen LogP contribution >= 0.6 is 0 Å². The van der Waals surface area contributed by atoms with Gasteiger partial charge in [-0.25, -0.2) is 14.4 Å². The number of esters is 1. The number of ether oxygens (including phenoxy) is 4. The predicted molar refractivity (Wildman–Crippen MR) is 211 cm³/mol. The number of rotatable bonds is 11. The molecule has 56 heavy (non-hydrogen) atoms. The van der Waals surface area contributed by atoms with E-state index in [-0.39, 0.29) is 12.6 Å². The van der Waals surface area contributed by atoms with Gasteiger partial charge < -0.3 is 32.2 Å². The van der Waals surface area contributed by atoms with Crippen molar-refractivity contribution in [1.82, 2.24) is 0 Å². The molecule has 1 N–H and O–H groups in total. The Balaban J connectivity index is 0.000000189. The van der Waals surface area contributed by atoms with E-state index in [9.17, 15) is 14.4 Å². The highest BCUT2D eigenvalue weighted by Gasteiger charge is 2.10. The van der Waals surface area contributed by atoms with Gasteiger partial charge >= 0.3 is 17.7 Å². The monoisotopic (exact) mass is 751 g/mol. The SMILES string of the molecule is CCOC(=O)c1ccc(OCc2cc3ccccc3o2)cc1.Cc1cc(=O)oc2cc(NC(=O)OCc3ccc(OCc4cc5ccccc5o4)cc3)ccc12. The number of aryl methyl sites for hydroxylation is 1. The molecule has 0 spiro atoms. The summed E-state index contributed by atoms with van der Waals surface area (Å²) in [6.45, 7) is 4.73. The van der Waals surface area contributed by atoms with E-state index in [2.05, 4.69) is 5.32 Å². The Morgan fingerprint density at radius 2 is 1.20 bits per heavy atom. The number of fused-ring (bicyclic) bond motifs is 3. The summed E-state index contributed by atoms with van der Waals surface area (Å²) in [6, 6.07) is 40.2. The number of para-hydroxylation sites is 2. The van der Waals surface area contributed by atoms with Crippen LogP contribution in [0, 0.1) is 6.92 Å². The lowest BCUT2D eigenvalue weighted by Crippen LogP contribution is -2.13. The predicted octanol–water partition coefficient (Wildman–Crippen LogP) is 10.4. The molecule has 282 valence electrons. The molecule has 0 bridgehead atoms. The Hall–Kier alpha value is -7.27. The lowest BCUT2D eigenvalue weighted by molar-refractivity contribution is 0.0526. The molecule has 0 unspecified atom stereocenters. The smallest absolute Gasteiger partial charge is 0.411 e. The van der Waals surface area contributed by atoms with Gasteiger partial charge in [0.2, 0.25) is 0 Å². The summed E-state index contributed by atoms with van der Waals surface area (Å²) in [4.78, 5) is 35.3. The zero-order valence-electron chi connectivity index (χ0n) is 30.6. The summed E-state index contributed by atoms with van der Waals surface area (Å²) < 4.78 is 38.3. The van der Waals surface area contributed by atoms with Crippen LogP contribution in [0.15, 0.2) is 152 Å². The van der Waals surface area contributed by atoms with Crippen molar-refractivity contribution in [2.75, 3.05) is 11.9 Å². The largest absolute Gasteiger partial charge is 0.486 e. The van der Waals surface area contributed by atoms with Crippen molar-refractivity contribution in [2.24, 2.45) is 0 Å². The number of hydrogen-bond donors (Lipinski definition) is 1. The summed E-state index contributed by atoms with van der Waals surface area (Å²) in [7, 11) is 0. The maximum atomic E-state index is 12.2. The van der Waals surface area contributed by atoms with Crippen molar-refractivity contribution in [3.63, 3.8) is 0 Å². The highest BCUT2D eigenvalue weighted by molar-refractivity contribution is 5.90. The van der Waals surface area contributed by atoms with Crippen LogP contribution in [-0.4, -0.2) is 18.7 Å². The van der Waals surface area contributed by atoms with E-state index in [0.29, 0.717) is 48.2 Å². The van der Waals surface area contributed by atoms with E-state index in [1.54, 1.807) is 49.4 Å². The Morgan fingerprint density at radius 1 is 0.607 bits per heavy atom. The third-order valence-electron chi connectivity index (χ3n) is 8.57. The number of benzene rings is 5. The van der Waals surface area contributed by atoms with E-state index < -0.39 is 11.7 Å². The first-order valence-corrected chi connectivity index (χ1v) is 17.8. The minimum Gasteiger partial charge on any atom is -0.486 e. The van der Waals surface area contributed by atoms with Crippen LogP contribution in [0.1, 0.15) is 39.9 Å². The molecule has 0 atom stereocenters. The van der Waals surface area contributed by atoms with Crippen LogP contribution < -0.4 is 20.4 Å². The minimum absolute atomic E-state index is 0.0947. The molecule has 0 fully saturated rings. The Kier molecular flexibility index (Phi) is 11.4. The maximum Gasteiger partial charge on any atom is 0.411 e. The second-order valence-corrected chi connectivity index (χ2v) is 12.6. The molecule has 0 radical (unpaired) electrons. The van der Waals surface area contributed by atoms with Gasteiger partial charge in [-0.05, 0) is 97.8 Å². The van der Waals surface area contributed by atoms with E-state index in [1.165, 1.54) is 6.07 Å². The van der Waals surface area contributed by atoms with Gasteiger partial charge in [0, 0.05) is 34.0 Å². The highest BCUT2D eigenvalue weighted by atomic mass is 16.5. The average molecular weight is 752 g/mol. The van der Waals surface area contributed by atoms with Gasteiger partial charge in [-0.1, -0.05) is 48.5 Å². The van der Waals surface area contributed by atoms with Crippen LogP contribution in [0.5, 0.6) is 11.5 Å². The van der Waals surface area contributed by atoms with Crippen LogP contribution in [0.4, 0.5) is 10.5 Å². The molecular weight excluding hydrogens is 714 g/mol. The Bertz CT molecular complexity index is 2590. The zero-order valence-corrected chi connectivity index (χ0v) is 30.6. The van der Waals surface area contributed by atoms with E-state index in [0.717, 1.165) is 50.0 Å². The normalized spacial score (nSPS) is 10.8. The fourth-order valence-corrected chi connectivity index (χ4v) is 5.81. The Morgan fingerprint density at radius 3 is 1.79 bits per heavy atom. The standard InChI is InChI=1S/C27H21NO6.C18H16O4/c1-17-12-26(29)34-25-14-20(8-11-23(17)25)28-27(30)32-15-18-6-9-21(10-7-18)31-16-22-13-19-4-2-3-5-24(19)33-22;1-2-20-18(19)13-7-9-15(10-8-13)21-12-16-11-14-5-3-4-6-17(14)22-16/h2-14H,15-16H2,1H3,(H,28,30);3-11H,2,12H2,1H3. The zero-order chi connectivity index (χ0) is 38.9. The molecule has 3 heterocycles. The third-order valence-corrected chi connectivity index (χ3v) is 8.57. The lowest BCUT2D eigenvalue weighted by atomic mass is 10.1. The molecule has 0 saturated carbocycles. The minimum atomic E-state index is -0.612. The number of carbonyl (C=O) groups excluding carboxylic acids is 2. The molecule has 8 aromatic rings. The van der Waals surface area contributed by atoms with Gasteiger partial charge in [-0.15, -0.1) is 0 Å². The number of anilines is 1. The molecule has 11 heteroatoms. The average Bonchev–Trinajstić information content (AvgIpc) is 3.83. The molecule has 1 amide bonds. The summed E-state index contributed by atoms with van der Waals surface area (Å²) in [6.07, 6.45) is -0.612. The first-order valence-electron chi connectivity index (χ1n) is 17.8. The molecule has 0 aliphatic rings. The molecule has 3 aromatic heterocycles. The first-order chi connectivity index (χ1) is 27.3.